The largest absolute Gasteiger partial charge is 0.480 e. The number of imidazole rings is 1. The number of aldehydes is 1. The number of nitrogens with zero attached hydrogens (tertiary/aromatic N) is 2. The zero-order valence-electron chi connectivity index (χ0n) is 12.4. The fourth-order valence-corrected chi connectivity index (χ4v) is 2.16. The monoisotopic (exact) mass is 301 g/mol. The standard InChI is InChI=1S/C16H19N3O3/c1-19-14(10-17-16(19)22)9-15(21)18-13(11-20)8-7-12-5-3-2-4-6-12/h2-6,10-11,13H,7-9H2,1H3,(H,17,22)(H,18,21)/t13-/m0/s1. The summed E-state index contributed by atoms with van der Waals surface area (Å²) in [5.74, 6) is -0.270. The van der Waals surface area contributed by atoms with Gasteiger partial charge in [-0.2, -0.15) is 0 Å². The molecule has 22 heavy (non-hydrogen) atoms. The fraction of sp³-hybridized carbons (Fsp3) is 0.312. The predicted octanol–water partition coefficient (Wildman–Crippen LogP) is 0.985. The number of nitrogens with one attached hydrogen (secondary N) is 1. The molecule has 0 bridgehead atoms. The third-order valence-electron chi connectivity index (χ3n) is 3.50. The van der Waals surface area contributed by atoms with E-state index in [1.54, 1.807) is 7.05 Å². The van der Waals surface area contributed by atoms with Crippen LogP contribution in [0.4, 0.5) is 0 Å². The number of benzene rings is 1. The minimum atomic E-state index is -0.519. The van der Waals surface area contributed by atoms with Crippen LogP contribution in [0.5, 0.6) is 6.01 Å². The van der Waals surface area contributed by atoms with Crippen LogP contribution in [-0.4, -0.2) is 32.9 Å². The predicted molar refractivity (Wildman–Crippen MR) is 81.3 cm³/mol. The van der Waals surface area contributed by atoms with E-state index < -0.39 is 6.04 Å². The highest BCUT2D eigenvalue weighted by atomic mass is 16.3. The lowest BCUT2D eigenvalue weighted by atomic mass is 10.1. The van der Waals surface area contributed by atoms with Crippen LogP contribution in [0.15, 0.2) is 36.5 Å². The maximum Gasteiger partial charge on any atom is 0.293 e. The maximum atomic E-state index is 12.0. The summed E-state index contributed by atoms with van der Waals surface area (Å²) in [7, 11) is 1.62. The van der Waals surface area contributed by atoms with Crippen LogP contribution in [0.1, 0.15) is 17.7 Å². The molecular weight excluding hydrogens is 282 g/mol. The summed E-state index contributed by atoms with van der Waals surface area (Å²) in [6.45, 7) is 0. The van der Waals surface area contributed by atoms with Gasteiger partial charge in [-0.1, -0.05) is 30.3 Å². The van der Waals surface area contributed by atoms with Crippen LogP contribution >= 0.6 is 0 Å². The van der Waals surface area contributed by atoms with Gasteiger partial charge in [-0.05, 0) is 18.4 Å². The van der Waals surface area contributed by atoms with Gasteiger partial charge in [0.15, 0.2) is 0 Å². The minimum absolute atomic E-state index is 0.0692. The summed E-state index contributed by atoms with van der Waals surface area (Å²) < 4.78 is 1.43. The molecule has 0 radical (unpaired) electrons. The van der Waals surface area contributed by atoms with Crippen LogP contribution in [0.2, 0.25) is 0 Å². The van der Waals surface area contributed by atoms with E-state index in [9.17, 15) is 14.7 Å². The van der Waals surface area contributed by atoms with E-state index >= 15 is 0 Å². The summed E-state index contributed by atoms with van der Waals surface area (Å²) in [5.41, 5.74) is 1.71. The van der Waals surface area contributed by atoms with E-state index in [0.717, 1.165) is 18.3 Å². The van der Waals surface area contributed by atoms with Crippen molar-refractivity contribution < 1.29 is 14.7 Å². The molecule has 0 aliphatic heterocycles. The van der Waals surface area contributed by atoms with Crippen molar-refractivity contribution in [3.8, 4) is 6.01 Å². The first-order chi connectivity index (χ1) is 10.6. The van der Waals surface area contributed by atoms with Gasteiger partial charge in [-0.15, -0.1) is 0 Å². The number of amides is 1. The zero-order valence-corrected chi connectivity index (χ0v) is 12.4. The summed E-state index contributed by atoms with van der Waals surface area (Å²) in [6, 6.07) is 9.14. The third-order valence-corrected chi connectivity index (χ3v) is 3.50. The van der Waals surface area contributed by atoms with Crippen molar-refractivity contribution in [2.24, 2.45) is 7.05 Å². The van der Waals surface area contributed by atoms with E-state index in [4.69, 9.17) is 0 Å². The lowest BCUT2D eigenvalue weighted by molar-refractivity contribution is -0.123. The molecule has 116 valence electrons. The van der Waals surface area contributed by atoms with E-state index in [0.29, 0.717) is 12.1 Å². The number of hydrogen-bond acceptors (Lipinski definition) is 4. The topological polar surface area (TPSA) is 84.2 Å². The molecular formula is C16H19N3O3. The summed E-state index contributed by atoms with van der Waals surface area (Å²) in [4.78, 5) is 26.8. The first kappa shape index (κ1) is 15.8. The van der Waals surface area contributed by atoms with Gasteiger partial charge in [0, 0.05) is 12.7 Å². The smallest absolute Gasteiger partial charge is 0.293 e. The summed E-state index contributed by atoms with van der Waals surface area (Å²) in [6.07, 6.45) is 3.53. The molecule has 2 N–H and O–H groups in total. The average Bonchev–Trinajstić information content (AvgIpc) is 2.84. The highest BCUT2D eigenvalue weighted by Gasteiger charge is 2.14. The Labute approximate surface area is 128 Å². The van der Waals surface area contributed by atoms with Gasteiger partial charge in [0.2, 0.25) is 5.91 Å². The molecule has 1 aromatic heterocycles. The van der Waals surface area contributed by atoms with Crippen molar-refractivity contribution in [3.05, 3.63) is 47.8 Å². The van der Waals surface area contributed by atoms with Crippen LogP contribution in [0.3, 0.4) is 0 Å². The van der Waals surface area contributed by atoms with E-state index in [2.05, 4.69) is 10.3 Å². The molecule has 0 saturated heterocycles. The quantitative estimate of drug-likeness (QED) is 0.747. The van der Waals surface area contributed by atoms with Gasteiger partial charge < -0.3 is 19.8 Å². The van der Waals surface area contributed by atoms with Crippen molar-refractivity contribution in [1.82, 2.24) is 14.9 Å². The second-order valence-electron chi connectivity index (χ2n) is 5.12. The number of hydrogen-bond donors (Lipinski definition) is 2. The molecule has 2 rings (SSSR count). The molecule has 2 aromatic rings. The molecule has 0 aliphatic rings. The Balaban J connectivity index is 1.85. The maximum absolute atomic E-state index is 12.0. The molecule has 0 saturated carbocycles. The van der Waals surface area contributed by atoms with Crippen LogP contribution in [0, 0.1) is 0 Å². The van der Waals surface area contributed by atoms with Gasteiger partial charge >= 0.3 is 0 Å². The van der Waals surface area contributed by atoms with E-state index in [1.807, 2.05) is 30.3 Å². The second-order valence-corrected chi connectivity index (χ2v) is 5.12. The SMILES string of the molecule is Cn1c(CC(=O)N[C@H](C=O)CCc2ccccc2)cnc1O. The minimum Gasteiger partial charge on any atom is -0.480 e. The highest BCUT2D eigenvalue weighted by molar-refractivity contribution is 5.81. The van der Waals surface area contributed by atoms with Crippen molar-refractivity contribution in [2.75, 3.05) is 0 Å². The first-order valence-electron chi connectivity index (χ1n) is 7.08. The highest BCUT2D eigenvalue weighted by Crippen LogP contribution is 2.09. The molecule has 1 aromatic carbocycles. The van der Waals surface area contributed by atoms with Gasteiger partial charge in [-0.25, -0.2) is 4.98 Å². The summed E-state index contributed by atoms with van der Waals surface area (Å²) >= 11 is 0. The molecule has 6 nitrogen and oxygen atoms in total. The number of carbonyl (C=O) groups excluding carboxylic acids is 2. The van der Waals surface area contributed by atoms with Crippen LogP contribution in [0.25, 0.3) is 0 Å². The van der Waals surface area contributed by atoms with Crippen molar-refractivity contribution in [3.63, 3.8) is 0 Å². The van der Waals surface area contributed by atoms with Gasteiger partial charge in [0.1, 0.15) is 6.29 Å². The fourth-order valence-electron chi connectivity index (χ4n) is 2.16. The second kappa shape index (κ2) is 7.40. The normalized spacial score (nSPS) is 11.9. The number of aromatic nitrogens is 2. The Morgan fingerprint density at radius 3 is 2.73 bits per heavy atom. The zero-order chi connectivity index (χ0) is 15.9. The molecule has 1 heterocycles. The van der Waals surface area contributed by atoms with Crippen LogP contribution < -0.4 is 5.32 Å². The Hall–Kier alpha value is -2.63. The van der Waals surface area contributed by atoms with Gasteiger partial charge in [-0.3, -0.25) is 4.79 Å². The summed E-state index contributed by atoms with van der Waals surface area (Å²) in [5, 5.41) is 12.0. The number of aromatic hydroxyl groups is 1. The lowest BCUT2D eigenvalue weighted by Gasteiger charge is -2.13. The number of aryl methyl sites for hydroxylation is 1. The van der Waals surface area contributed by atoms with Gasteiger partial charge in [0.05, 0.1) is 18.7 Å². The third kappa shape index (κ3) is 4.18. The van der Waals surface area contributed by atoms with Gasteiger partial charge in [0.25, 0.3) is 6.01 Å². The van der Waals surface area contributed by atoms with Crippen molar-refractivity contribution in [2.45, 2.75) is 25.3 Å². The molecule has 0 fully saturated rings. The Bertz CT molecular complexity index is 637. The van der Waals surface area contributed by atoms with Crippen LogP contribution in [-0.2, 0) is 29.5 Å². The Morgan fingerprint density at radius 2 is 2.14 bits per heavy atom. The molecule has 6 heteroatoms. The Kier molecular flexibility index (Phi) is 5.30. The molecule has 0 aliphatic carbocycles. The van der Waals surface area contributed by atoms with Crippen molar-refractivity contribution >= 4 is 12.2 Å². The molecule has 1 atom stereocenters. The molecule has 0 unspecified atom stereocenters. The lowest BCUT2D eigenvalue weighted by Crippen LogP contribution is -2.37. The molecule has 0 spiro atoms. The van der Waals surface area contributed by atoms with E-state index in [1.165, 1.54) is 10.8 Å². The van der Waals surface area contributed by atoms with Crippen molar-refractivity contribution in [1.29, 1.82) is 0 Å². The average molecular weight is 301 g/mol. The number of rotatable bonds is 7. The van der Waals surface area contributed by atoms with E-state index in [-0.39, 0.29) is 18.3 Å². The Morgan fingerprint density at radius 1 is 1.41 bits per heavy atom. The first-order valence-corrected chi connectivity index (χ1v) is 7.08. The molecule has 1 amide bonds. The number of carbonyl (C=O) groups is 2.